The summed E-state index contributed by atoms with van der Waals surface area (Å²) < 4.78 is 59.8. The maximum atomic E-state index is 12.4. The summed E-state index contributed by atoms with van der Waals surface area (Å²) in [6.45, 7) is 0. The lowest BCUT2D eigenvalue weighted by Gasteiger charge is -2.18. The van der Waals surface area contributed by atoms with Gasteiger partial charge in [-0.3, -0.25) is 0 Å². The third kappa shape index (κ3) is 1.92. The van der Waals surface area contributed by atoms with Gasteiger partial charge in [-0.15, -0.1) is 0 Å². The zero-order valence-electron chi connectivity index (χ0n) is 5.82. The van der Waals surface area contributed by atoms with Gasteiger partial charge in [0, 0.05) is 6.20 Å². The SMILES string of the molecule is FC(F)(F)C(F)(F)n1cc(I)cn1. The van der Waals surface area contributed by atoms with Gasteiger partial charge in [-0.2, -0.15) is 27.1 Å². The maximum absolute atomic E-state index is 12.4. The normalized spacial score (nSPS) is 13.4. The van der Waals surface area contributed by atoms with Crippen molar-refractivity contribution in [3.05, 3.63) is 16.0 Å². The Hall–Kier alpha value is -0.410. The Balaban J connectivity index is 3.07. The predicted molar refractivity (Wildman–Crippen MR) is 41.2 cm³/mol. The van der Waals surface area contributed by atoms with E-state index in [-0.39, 0.29) is 3.57 Å². The minimum absolute atomic E-state index is 0.210. The van der Waals surface area contributed by atoms with Crippen molar-refractivity contribution in [1.29, 1.82) is 0 Å². The van der Waals surface area contributed by atoms with Crippen LogP contribution in [0.4, 0.5) is 22.0 Å². The predicted octanol–water partition coefficient (Wildman–Crippen LogP) is 2.60. The number of aromatic nitrogens is 2. The summed E-state index contributed by atoms with van der Waals surface area (Å²) in [6.07, 6.45) is -4.09. The van der Waals surface area contributed by atoms with Crippen molar-refractivity contribution in [2.24, 2.45) is 0 Å². The lowest BCUT2D eigenvalue weighted by molar-refractivity contribution is -0.328. The second-order valence-electron chi connectivity index (χ2n) is 2.14. The van der Waals surface area contributed by atoms with Crippen molar-refractivity contribution in [1.82, 2.24) is 9.78 Å². The zero-order chi connectivity index (χ0) is 10.3. The second kappa shape index (κ2) is 3.07. The Morgan fingerprint density at radius 2 is 1.77 bits per heavy atom. The fourth-order valence-corrected chi connectivity index (χ4v) is 0.973. The zero-order valence-corrected chi connectivity index (χ0v) is 7.97. The molecule has 0 atom stereocenters. The van der Waals surface area contributed by atoms with Crippen LogP contribution in [-0.2, 0) is 6.05 Å². The lowest BCUT2D eigenvalue weighted by atomic mass is 10.5. The topological polar surface area (TPSA) is 17.8 Å². The summed E-state index contributed by atoms with van der Waals surface area (Å²) in [5.74, 6) is 0. The Labute approximate surface area is 82.9 Å². The van der Waals surface area contributed by atoms with Crippen LogP contribution in [0, 0.1) is 3.57 Å². The molecule has 0 aliphatic heterocycles. The summed E-state index contributed by atoms with van der Waals surface area (Å²) in [5.41, 5.74) is 0. The summed E-state index contributed by atoms with van der Waals surface area (Å²) in [6, 6.07) is -4.95. The first-order valence-electron chi connectivity index (χ1n) is 2.90. The van der Waals surface area contributed by atoms with E-state index in [9.17, 15) is 22.0 Å². The van der Waals surface area contributed by atoms with Gasteiger partial charge >= 0.3 is 12.2 Å². The molecule has 0 spiro atoms. The largest absolute Gasteiger partial charge is 0.477 e. The van der Waals surface area contributed by atoms with E-state index in [4.69, 9.17) is 0 Å². The van der Waals surface area contributed by atoms with E-state index in [1.165, 1.54) is 0 Å². The number of hydrogen-bond acceptors (Lipinski definition) is 1. The molecule has 74 valence electrons. The number of halogens is 6. The first-order chi connectivity index (χ1) is 5.75. The van der Waals surface area contributed by atoms with Gasteiger partial charge in [-0.05, 0) is 22.6 Å². The van der Waals surface area contributed by atoms with Crippen molar-refractivity contribution in [2.75, 3.05) is 0 Å². The molecule has 0 bridgehead atoms. The van der Waals surface area contributed by atoms with E-state index < -0.39 is 16.9 Å². The van der Waals surface area contributed by atoms with Crippen molar-refractivity contribution in [2.45, 2.75) is 12.2 Å². The van der Waals surface area contributed by atoms with Gasteiger partial charge < -0.3 is 0 Å². The second-order valence-corrected chi connectivity index (χ2v) is 3.39. The van der Waals surface area contributed by atoms with Crippen LogP contribution in [0.1, 0.15) is 0 Å². The molecule has 8 heteroatoms. The number of nitrogens with zero attached hydrogens (tertiary/aromatic N) is 2. The highest BCUT2D eigenvalue weighted by molar-refractivity contribution is 14.1. The number of hydrogen-bond donors (Lipinski definition) is 0. The van der Waals surface area contributed by atoms with Crippen molar-refractivity contribution >= 4 is 22.6 Å². The van der Waals surface area contributed by atoms with Crippen LogP contribution in [0.2, 0.25) is 0 Å². The first kappa shape index (κ1) is 10.7. The Morgan fingerprint density at radius 3 is 2.08 bits per heavy atom. The average Bonchev–Trinajstić information content (AvgIpc) is 2.33. The summed E-state index contributed by atoms with van der Waals surface area (Å²) in [5, 5.41) is 2.89. The number of rotatable bonds is 1. The number of alkyl halides is 5. The quantitative estimate of drug-likeness (QED) is 0.576. The van der Waals surface area contributed by atoms with Gasteiger partial charge in [0.05, 0.1) is 9.77 Å². The third-order valence-electron chi connectivity index (χ3n) is 1.18. The van der Waals surface area contributed by atoms with Crippen LogP contribution >= 0.6 is 22.6 Å². The van der Waals surface area contributed by atoms with Crippen LogP contribution in [0.25, 0.3) is 0 Å². The van der Waals surface area contributed by atoms with Crippen molar-refractivity contribution in [3.8, 4) is 0 Å². The maximum Gasteiger partial charge on any atom is 0.477 e. The van der Waals surface area contributed by atoms with E-state index in [1.54, 1.807) is 22.6 Å². The smallest absolute Gasteiger partial charge is 0.200 e. The molecule has 1 heterocycles. The van der Waals surface area contributed by atoms with Crippen molar-refractivity contribution in [3.63, 3.8) is 0 Å². The molecule has 0 amide bonds. The first-order valence-corrected chi connectivity index (χ1v) is 3.98. The molecule has 0 aromatic carbocycles. The molecule has 0 fully saturated rings. The molecule has 1 aromatic rings. The molecule has 0 N–H and O–H groups in total. The molecule has 0 radical (unpaired) electrons. The van der Waals surface area contributed by atoms with E-state index in [0.29, 0.717) is 6.20 Å². The van der Waals surface area contributed by atoms with Gasteiger partial charge in [-0.25, -0.2) is 4.68 Å². The Kier molecular flexibility index (Phi) is 2.52. The summed E-state index contributed by atoms with van der Waals surface area (Å²) in [4.78, 5) is 0. The monoisotopic (exact) mass is 312 g/mol. The van der Waals surface area contributed by atoms with Crippen LogP contribution < -0.4 is 0 Å². The van der Waals surface area contributed by atoms with Crippen molar-refractivity contribution < 1.29 is 22.0 Å². The minimum atomic E-state index is -5.62. The van der Waals surface area contributed by atoms with Gasteiger partial charge in [0.25, 0.3) is 0 Å². The van der Waals surface area contributed by atoms with Gasteiger partial charge in [0.15, 0.2) is 0 Å². The lowest BCUT2D eigenvalue weighted by Crippen LogP contribution is -2.39. The Morgan fingerprint density at radius 1 is 1.23 bits per heavy atom. The van der Waals surface area contributed by atoms with Crippen LogP contribution in [0.3, 0.4) is 0 Å². The Bertz CT molecular complexity index is 304. The highest BCUT2D eigenvalue weighted by Crippen LogP contribution is 2.39. The van der Waals surface area contributed by atoms with E-state index in [1.807, 2.05) is 0 Å². The fourth-order valence-electron chi connectivity index (χ4n) is 0.584. The molecule has 0 unspecified atom stereocenters. The van der Waals surface area contributed by atoms with E-state index >= 15 is 0 Å². The highest BCUT2D eigenvalue weighted by atomic mass is 127. The van der Waals surface area contributed by atoms with E-state index in [0.717, 1.165) is 6.20 Å². The van der Waals surface area contributed by atoms with Gasteiger partial charge in [0.1, 0.15) is 0 Å². The standard InChI is InChI=1S/C5H2F5IN2/c6-4(7,8)5(9,10)13-2-3(11)1-12-13/h1-2H. The fraction of sp³-hybridized carbons (Fsp3) is 0.400. The molecular weight excluding hydrogens is 310 g/mol. The molecule has 0 aliphatic carbocycles. The van der Waals surface area contributed by atoms with Gasteiger partial charge in [-0.1, -0.05) is 0 Å². The van der Waals surface area contributed by atoms with Crippen LogP contribution in [0.15, 0.2) is 12.4 Å². The summed E-state index contributed by atoms with van der Waals surface area (Å²) in [7, 11) is 0. The van der Waals surface area contributed by atoms with Crippen LogP contribution in [0.5, 0.6) is 0 Å². The minimum Gasteiger partial charge on any atom is -0.200 e. The molecule has 1 rings (SSSR count). The third-order valence-corrected chi connectivity index (χ3v) is 1.74. The molecule has 13 heavy (non-hydrogen) atoms. The molecule has 0 saturated carbocycles. The van der Waals surface area contributed by atoms with Crippen LogP contribution in [-0.4, -0.2) is 16.0 Å². The average molecular weight is 312 g/mol. The molecule has 0 aliphatic rings. The summed E-state index contributed by atoms with van der Waals surface area (Å²) >= 11 is 1.58. The van der Waals surface area contributed by atoms with Gasteiger partial charge in [0.2, 0.25) is 0 Å². The molecule has 1 aromatic heterocycles. The molecule has 0 saturated heterocycles. The van der Waals surface area contributed by atoms with E-state index in [2.05, 4.69) is 5.10 Å². The highest BCUT2D eigenvalue weighted by Gasteiger charge is 2.60. The molecular formula is C5H2F5IN2. The molecule has 2 nitrogen and oxygen atoms in total.